The minimum absolute atomic E-state index is 0.0877. The molecule has 0 N–H and O–H groups in total. The Balaban J connectivity index is 1.82. The van der Waals surface area contributed by atoms with Gasteiger partial charge in [0.05, 0.1) is 4.88 Å². The Labute approximate surface area is 116 Å². The molecule has 2 rings (SSSR count). The fourth-order valence-electron chi connectivity index (χ4n) is 2.17. The Kier molecular flexibility index (Phi) is 4.85. The molecule has 0 saturated carbocycles. The van der Waals surface area contributed by atoms with Crippen molar-refractivity contribution in [1.82, 2.24) is 4.90 Å². The Hall–Kier alpha value is -1.49. The monoisotopic (exact) mass is 279 g/mol. The van der Waals surface area contributed by atoms with Crippen molar-refractivity contribution in [3.8, 4) is 0 Å². The van der Waals surface area contributed by atoms with Gasteiger partial charge >= 0.3 is 0 Å². The first-order chi connectivity index (χ1) is 9.18. The van der Waals surface area contributed by atoms with Crippen molar-refractivity contribution >= 4 is 28.9 Å². The number of thiophene rings is 1. The molecule has 1 aliphatic rings. The molecule has 102 valence electrons. The molecule has 1 aromatic heterocycles. The summed E-state index contributed by atoms with van der Waals surface area (Å²) in [5.74, 6) is -0.0955. The topological polar surface area (TPSA) is 54.5 Å². The van der Waals surface area contributed by atoms with Crippen molar-refractivity contribution < 1.29 is 14.4 Å². The fraction of sp³-hybridized carbons (Fsp3) is 0.500. The van der Waals surface area contributed by atoms with Crippen molar-refractivity contribution in [1.29, 1.82) is 0 Å². The van der Waals surface area contributed by atoms with Crippen LogP contribution in [0.1, 0.15) is 48.2 Å². The lowest BCUT2D eigenvalue weighted by molar-refractivity contribution is -0.143. The fourth-order valence-corrected chi connectivity index (χ4v) is 2.86. The summed E-state index contributed by atoms with van der Waals surface area (Å²) in [6.45, 7) is 0.370. The zero-order chi connectivity index (χ0) is 13.7. The lowest BCUT2D eigenvalue weighted by Crippen LogP contribution is -2.36. The van der Waals surface area contributed by atoms with E-state index in [2.05, 4.69) is 0 Å². The number of ketones is 1. The van der Waals surface area contributed by atoms with Gasteiger partial charge in [-0.05, 0) is 30.7 Å². The first-order valence-corrected chi connectivity index (χ1v) is 7.46. The van der Waals surface area contributed by atoms with Gasteiger partial charge in [-0.2, -0.15) is 0 Å². The number of amides is 2. The van der Waals surface area contributed by atoms with Crippen LogP contribution in [-0.2, 0) is 9.59 Å². The van der Waals surface area contributed by atoms with Crippen molar-refractivity contribution in [3.63, 3.8) is 0 Å². The number of likely N-dealkylation sites (tertiary alicyclic amines) is 1. The number of hydrogen-bond acceptors (Lipinski definition) is 4. The summed E-state index contributed by atoms with van der Waals surface area (Å²) in [6.07, 6.45) is 3.41. The van der Waals surface area contributed by atoms with E-state index in [0.717, 1.165) is 17.7 Å². The molecule has 0 bridgehead atoms. The molecular weight excluding hydrogens is 262 g/mol. The highest BCUT2D eigenvalue weighted by Crippen LogP contribution is 2.15. The van der Waals surface area contributed by atoms with Gasteiger partial charge in [0.25, 0.3) is 0 Å². The van der Waals surface area contributed by atoms with Crippen molar-refractivity contribution in [2.75, 3.05) is 6.54 Å². The van der Waals surface area contributed by atoms with E-state index in [1.54, 1.807) is 6.07 Å². The van der Waals surface area contributed by atoms with E-state index in [1.807, 2.05) is 11.4 Å². The maximum Gasteiger partial charge on any atom is 0.229 e. The number of imide groups is 1. The second kappa shape index (κ2) is 6.61. The highest BCUT2D eigenvalue weighted by molar-refractivity contribution is 7.12. The zero-order valence-electron chi connectivity index (χ0n) is 10.8. The molecule has 1 saturated heterocycles. The summed E-state index contributed by atoms with van der Waals surface area (Å²) >= 11 is 1.42. The van der Waals surface area contributed by atoms with Crippen LogP contribution >= 0.6 is 11.3 Å². The van der Waals surface area contributed by atoms with E-state index in [4.69, 9.17) is 0 Å². The second-order valence-corrected chi connectivity index (χ2v) is 5.60. The number of rotatable bonds is 5. The van der Waals surface area contributed by atoms with E-state index in [9.17, 15) is 14.4 Å². The van der Waals surface area contributed by atoms with Gasteiger partial charge in [-0.1, -0.05) is 6.07 Å². The molecule has 2 amide bonds. The van der Waals surface area contributed by atoms with Crippen LogP contribution in [-0.4, -0.2) is 29.0 Å². The third kappa shape index (κ3) is 3.73. The number of carbonyl (C=O) groups is 3. The zero-order valence-corrected chi connectivity index (χ0v) is 11.6. The summed E-state index contributed by atoms with van der Waals surface area (Å²) in [5, 5.41) is 1.87. The molecular formula is C14H17NO3S. The minimum atomic E-state index is -0.0916. The molecule has 19 heavy (non-hydrogen) atoms. The van der Waals surface area contributed by atoms with E-state index in [1.165, 1.54) is 16.2 Å². The molecule has 5 heteroatoms. The van der Waals surface area contributed by atoms with E-state index in [-0.39, 0.29) is 17.6 Å². The summed E-state index contributed by atoms with van der Waals surface area (Å²) in [5.41, 5.74) is 0. The van der Waals surface area contributed by atoms with Crippen LogP contribution in [0.3, 0.4) is 0 Å². The summed E-state index contributed by atoms with van der Waals surface area (Å²) in [4.78, 5) is 37.4. The summed E-state index contributed by atoms with van der Waals surface area (Å²) in [6, 6.07) is 3.65. The van der Waals surface area contributed by atoms with Gasteiger partial charge in [0.15, 0.2) is 5.78 Å². The molecule has 4 nitrogen and oxygen atoms in total. The standard InChI is InChI=1S/C14H17NO3S/c16-11(12-6-4-10-19-12)5-3-9-15-13(17)7-1-2-8-14(15)18/h4,6,10H,1-3,5,7-9H2. The third-order valence-electron chi connectivity index (χ3n) is 3.21. The molecule has 0 radical (unpaired) electrons. The molecule has 0 aromatic carbocycles. The van der Waals surface area contributed by atoms with Crippen LogP contribution in [0.15, 0.2) is 17.5 Å². The van der Waals surface area contributed by atoms with Crippen LogP contribution in [0.4, 0.5) is 0 Å². The molecule has 1 aliphatic heterocycles. The Morgan fingerprint density at radius 2 is 1.89 bits per heavy atom. The number of Topliss-reactive ketones (excluding diaryl/α,β-unsaturated/α-hetero) is 1. The van der Waals surface area contributed by atoms with E-state index in [0.29, 0.717) is 32.2 Å². The predicted octanol–water partition coefficient (Wildman–Crippen LogP) is 2.64. The molecule has 1 fully saturated rings. The lowest BCUT2D eigenvalue weighted by atomic mass is 10.2. The van der Waals surface area contributed by atoms with Gasteiger partial charge in [0, 0.05) is 25.8 Å². The van der Waals surface area contributed by atoms with E-state index >= 15 is 0 Å². The van der Waals surface area contributed by atoms with Gasteiger partial charge in [-0.25, -0.2) is 0 Å². The normalized spacial score (nSPS) is 16.5. The number of hydrogen-bond donors (Lipinski definition) is 0. The minimum Gasteiger partial charge on any atom is -0.293 e. The molecule has 2 heterocycles. The van der Waals surface area contributed by atoms with Gasteiger partial charge in [-0.3, -0.25) is 19.3 Å². The first kappa shape index (κ1) is 13.9. The lowest BCUT2D eigenvalue weighted by Gasteiger charge is -2.18. The van der Waals surface area contributed by atoms with Crippen LogP contribution < -0.4 is 0 Å². The Morgan fingerprint density at radius 1 is 1.21 bits per heavy atom. The smallest absolute Gasteiger partial charge is 0.229 e. The molecule has 0 aliphatic carbocycles. The SMILES string of the molecule is O=C(CCCN1C(=O)CCCCC1=O)c1cccs1. The quantitative estimate of drug-likeness (QED) is 0.615. The van der Waals surface area contributed by atoms with Gasteiger partial charge in [0.1, 0.15) is 0 Å². The van der Waals surface area contributed by atoms with Gasteiger partial charge in [0.2, 0.25) is 11.8 Å². The number of nitrogens with zero attached hydrogens (tertiary/aromatic N) is 1. The highest BCUT2D eigenvalue weighted by atomic mass is 32.1. The maximum absolute atomic E-state index is 11.8. The second-order valence-electron chi connectivity index (χ2n) is 4.65. The highest BCUT2D eigenvalue weighted by Gasteiger charge is 2.23. The van der Waals surface area contributed by atoms with Crippen LogP contribution in [0.5, 0.6) is 0 Å². The molecule has 0 unspecified atom stereocenters. The van der Waals surface area contributed by atoms with Crippen molar-refractivity contribution in [3.05, 3.63) is 22.4 Å². The Morgan fingerprint density at radius 3 is 2.47 bits per heavy atom. The van der Waals surface area contributed by atoms with Crippen LogP contribution in [0, 0.1) is 0 Å². The molecule has 0 spiro atoms. The molecule has 0 atom stereocenters. The molecule has 1 aromatic rings. The maximum atomic E-state index is 11.8. The van der Waals surface area contributed by atoms with Crippen LogP contribution in [0.2, 0.25) is 0 Å². The first-order valence-electron chi connectivity index (χ1n) is 6.58. The number of carbonyl (C=O) groups excluding carboxylic acids is 3. The van der Waals surface area contributed by atoms with Crippen molar-refractivity contribution in [2.45, 2.75) is 38.5 Å². The van der Waals surface area contributed by atoms with Crippen molar-refractivity contribution in [2.24, 2.45) is 0 Å². The summed E-state index contributed by atoms with van der Waals surface area (Å²) < 4.78 is 0. The van der Waals surface area contributed by atoms with Gasteiger partial charge in [-0.15, -0.1) is 11.3 Å². The average Bonchev–Trinajstić information content (AvgIpc) is 2.88. The summed E-state index contributed by atoms with van der Waals surface area (Å²) in [7, 11) is 0. The Bertz CT molecular complexity index is 449. The average molecular weight is 279 g/mol. The largest absolute Gasteiger partial charge is 0.293 e. The third-order valence-corrected chi connectivity index (χ3v) is 4.13. The van der Waals surface area contributed by atoms with E-state index < -0.39 is 0 Å². The van der Waals surface area contributed by atoms with Gasteiger partial charge < -0.3 is 0 Å². The predicted molar refractivity (Wildman–Crippen MR) is 73.1 cm³/mol. The van der Waals surface area contributed by atoms with Crippen LogP contribution in [0.25, 0.3) is 0 Å².